The number of phenolic OH excluding ortho intramolecular Hbond substituents is 1. The van der Waals surface area contributed by atoms with Gasteiger partial charge in [0.1, 0.15) is 5.75 Å². The van der Waals surface area contributed by atoms with Crippen LogP contribution in [0.25, 0.3) is 0 Å². The van der Waals surface area contributed by atoms with E-state index < -0.39 is 0 Å². The van der Waals surface area contributed by atoms with Gasteiger partial charge in [-0.3, -0.25) is 4.79 Å². The Labute approximate surface area is 170 Å². The molecule has 29 heavy (non-hydrogen) atoms. The average Bonchev–Trinajstić information content (AvgIpc) is 3.12. The van der Waals surface area contributed by atoms with Crippen LogP contribution in [0.3, 0.4) is 0 Å². The van der Waals surface area contributed by atoms with Crippen LogP contribution in [-0.2, 0) is 13.1 Å². The Morgan fingerprint density at radius 2 is 1.62 bits per heavy atom. The van der Waals surface area contributed by atoms with E-state index in [-0.39, 0.29) is 11.7 Å². The zero-order valence-corrected chi connectivity index (χ0v) is 16.5. The monoisotopic (exact) mass is 385 g/mol. The minimum atomic E-state index is -0.292. The molecule has 0 aliphatic carbocycles. The Balaban J connectivity index is 1.40. The molecule has 3 aromatic rings. The van der Waals surface area contributed by atoms with Gasteiger partial charge in [0.25, 0.3) is 5.91 Å². The molecule has 2 N–H and O–H groups in total. The predicted octanol–water partition coefficient (Wildman–Crippen LogP) is 4.29. The number of nitrogens with one attached hydrogen (secondary N) is 1. The number of rotatable bonds is 4. The molecule has 0 aromatic heterocycles. The molecule has 1 heterocycles. The van der Waals surface area contributed by atoms with Gasteiger partial charge in [-0.05, 0) is 72.5 Å². The topological polar surface area (TPSA) is 64.9 Å². The van der Waals surface area contributed by atoms with Crippen molar-refractivity contribution in [1.29, 1.82) is 0 Å². The highest BCUT2D eigenvalue weighted by atomic mass is 16.3. The third kappa shape index (κ3) is 3.99. The summed E-state index contributed by atoms with van der Waals surface area (Å²) >= 11 is 0. The van der Waals surface area contributed by atoms with Crippen LogP contribution in [0.1, 0.15) is 38.2 Å². The number of hydrazone groups is 1. The van der Waals surface area contributed by atoms with E-state index in [9.17, 15) is 9.90 Å². The van der Waals surface area contributed by atoms with E-state index in [1.165, 1.54) is 28.5 Å². The highest BCUT2D eigenvalue weighted by Crippen LogP contribution is 2.30. The zero-order valence-electron chi connectivity index (χ0n) is 16.5. The molecule has 0 spiro atoms. The quantitative estimate of drug-likeness (QED) is 0.520. The largest absolute Gasteiger partial charge is 0.507 e. The maximum atomic E-state index is 12.3. The lowest BCUT2D eigenvalue weighted by molar-refractivity contribution is 0.0955. The maximum Gasteiger partial charge on any atom is 0.271 e. The van der Waals surface area contributed by atoms with Gasteiger partial charge in [-0.2, -0.15) is 5.10 Å². The van der Waals surface area contributed by atoms with Crippen LogP contribution in [0.5, 0.6) is 5.75 Å². The molecule has 4 rings (SSSR count). The second kappa shape index (κ2) is 7.80. The molecular formula is C24H23N3O2. The number of anilines is 1. The molecule has 0 radical (unpaired) electrons. The van der Waals surface area contributed by atoms with E-state index in [0.29, 0.717) is 11.1 Å². The minimum absolute atomic E-state index is 0.117. The second-order valence-electron chi connectivity index (χ2n) is 7.37. The van der Waals surface area contributed by atoms with Crippen LogP contribution >= 0.6 is 0 Å². The molecule has 0 saturated carbocycles. The van der Waals surface area contributed by atoms with Gasteiger partial charge in [-0.25, -0.2) is 5.43 Å². The van der Waals surface area contributed by atoms with Crippen LogP contribution in [-0.4, -0.2) is 17.2 Å². The van der Waals surface area contributed by atoms with Crippen LogP contribution in [0.2, 0.25) is 0 Å². The molecule has 0 bridgehead atoms. The number of amides is 1. The first-order valence-electron chi connectivity index (χ1n) is 9.56. The van der Waals surface area contributed by atoms with Crippen LogP contribution in [0.4, 0.5) is 5.69 Å². The molecule has 3 aromatic carbocycles. The van der Waals surface area contributed by atoms with Crippen molar-refractivity contribution in [3.05, 3.63) is 94.0 Å². The molecule has 1 aliphatic rings. The number of phenols is 1. The predicted molar refractivity (Wildman–Crippen MR) is 115 cm³/mol. The SMILES string of the molecule is Cc1cc2c(cc1C)CN(c1ccc(C(=O)N/N=C\c3ccccc3O)cc1)C2. The summed E-state index contributed by atoms with van der Waals surface area (Å²) < 4.78 is 0. The molecule has 1 amide bonds. The summed E-state index contributed by atoms with van der Waals surface area (Å²) in [5.41, 5.74) is 10.0. The van der Waals surface area contributed by atoms with Crippen molar-refractivity contribution in [2.24, 2.45) is 5.10 Å². The van der Waals surface area contributed by atoms with E-state index in [0.717, 1.165) is 18.8 Å². The van der Waals surface area contributed by atoms with Gasteiger partial charge in [0.15, 0.2) is 0 Å². The first-order valence-corrected chi connectivity index (χ1v) is 9.56. The summed E-state index contributed by atoms with van der Waals surface area (Å²) in [6.45, 7) is 6.06. The van der Waals surface area contributed by atoms with Gasteiger partial charge in [0.2, 0.25) is 0 Å². The Morgan fingerprint density at radius 1 is 1.00 bits per heavy atom. The summed E-state index contributed by atoms with van der Waals surface area (Å²) in [7, 11) is 0. The number of nitrogens with zero attached hydrogens (tertiary/aromatic N) is 2. The Bertz CT molecular complexity index is 1060. The fourth-order valence-corrected chi connectivity index (χ4v) is 3.53. The Morgan fingerprint density at radius 3 is 2.24 bits per heavy atom. The van der Waals surface area contributed by atoms with Crippen molar-refractivity contribution >= 4 is 17.8 Å². The standard InChI is InChI=1S/C24H23N3O2/c1-16-11-20-14-27(15-21(20)12-17(16)2)22-9-7-18(8-10-22)24(29)26-25-13-19-5-3-4-6-23(19)28/h3-13,28H,14-15H2,1-2H3,(H,26,29)/b25-13-. The highest BCUT2D eigenvalue weighted by Gasteiger charge is 2.20. The van der Waals surface area contributed by atoms with E-state index in [1.807, 2.05) is 12.1 Å². The molecular weight excluding hydrogens is 362 g/mol. The minimum Gasteiger partial charge on any atom is -0.507 e. The number of carbonyl (C=O) groups excluding carboxylic acids is 1. The molecule has 5 heteroatoms. The normalized spacial score (nSPS) is 13.0. The van der Waals surface area contributed by atoms with Crippen molar-refractivity contribution in [3.63, 3.8) is 0 Å². The second-order valence-corrected chi connectivity index (χ2v) is 7.37. The van der Waals surface area contributed by atoms with Gasteiger partial charge in [0, 0.05) is 29.9 Å². The van der Waals surface area contributed by atoms with Gasteiger partial charge < -0.3 is 10.0 Å². The zero-order chi connectivity index (χ0) is 20.4. The summed E-state index contributed by atoms with van der Waals surface area (Å²) in [5.74, 6) is -0.175. The fraction of sp³-hybridized carbons (Fsp3) is 0.167. The third-order valence-corrected chi connectivity index (χ3v) is 5.34. The van der Waals surface area contributed by atoms with Crippen molar-refractivity contribution in [2.75, 3.05) is 4.90 Å². The lowest BCUT2D eigenvalue weighted by atomic mass is 10.0. The number of hydrogen-bond acceptors (Lipinski definition) is 4. The average molecular weight is 385 g/mol. The molecule has 1 aliphatic heterocycles. The first-order chi connectivity index (χ1) is 14.0. The van der Waals surface area contributed by atoms with Crippen molar-refractivity contribution in [3.8, 4) is 5.75 Å². The molecule has 0 saturated heterocycles. The fourth-order valence-electron chi connectivity index (χ4n) is 3.53. The third-order valence-electron chi connectivity index (χ3n) is 5.34. The number of aromatic hydroxyl groups is 1. The Hall–Kier alpha value is -3.60. The van der Waals surface area contributed by atoms with Crippen LogP contribution < -0.4 is 10.3 Å². The lowest BCUT2D eigenvalue weighted by Gasteiger charge is -2.17. The summed E-state index contributed by atoms with van der Waals surface area (Å²) in [4.78, 5) is 14.6. The summed E-state index contributed by atoms with van der Waals surface area (Å²) in [5, 5.41) is 13.6. The molecule has 146 valence electrons. The molecule has 5 nitrogen and oxygen atoms in total. The van der Waals surface area contributed by atoms with E-state index in [1.54, 1.807) is 36.4 Å². The van der Waals surface area contributed by atoms with E-state index in [2.05, 4.69) is 41.4 Å². The van der Waals surface area contributed by atoms with Crippen LogP contribution in [0.15, 0.2) is 65.8 Å². The highest BCUT2D eigenvalue weighted by molar-refractivity contribution is 5.95. The summed E-state index contributed by atoms with van der Waals surface area (Å²) in [6.07, 6.45) is 1.42. The number of para-hydroxylation sites is 1. The molecule has 0 fully saturated rings. The van der Waals surface area contributed by atoms with E-state index >= 15 is 0 Å². The molecule has 0 atom stereocenters. The smallest absolute Gasteiger partial charge is 0.271 e. The first kappa shape index (κ1) is 18.7. The van der Waals surface area contributed by atoms with Crippen molar-refractivity contribution < 1.29 is 9.90 Å². The van der Waals surface area contributed by atoms with Gasteiger partial charge in [-0.15, -0.1) is 0 Å². The Kier molecular flexibility index (Phi) is 5.04. The molecule has 0 unspecified atom stereocenters. The number of fused-ring (bicyclic) bond motifs is 1. The lowest BCUT2D eigenvalue weighted by Crippen LogP contribution is -2.18. The van der Waals surface area contributed by atoms with Crippen LogP contribution in [0, 0.1) is 13.8 Å². The van der Waals surface area contributed by atoms with Gasteiger partial charge >= 0.3 is 0 Å². The number of hydrogen-bond donors (Lipinski definition) is 2. The maximum absolute atomic E-state index is 12.3. The van der Waals surface area contributed by atoms with Crippen molar-refractivity contribution in [2.45, 2.75) is 26.9 Å². The van der Waals surface area contributed by atoms with Crippen molar-refractivity contribution in [1.82, 2.24) is 5.43 Å². The van der Waals surface area contributed by atoms with Gasteiger partial charge in [0.05, 0.1) is 6.21 Å². The number of aryl methyl sites for hydroxylation is 2. The van der Waals surface area contributed by atoms with Gasteiger partial charge in [-0.1, -0.05) is 24.3 Å². The number of carbonyl (C=O) groups is 1. The number of benzene rings is 3. The van der Waals surface area contributed by atoms with E-state index in [4.69, 9.17) is 0 Å². The summed E-state index contributed by atoms with van der Waals surface area (Å²) in [6, 6.07) is 18.9.